The Morgan fingerprint density at radius 3 is 2.76 bits per heavy atom. The van der Waals surface area contributed by atoms with E-state index in [9.17, 15) is 14.7 Å². The highest BCUT2D eigenvalue weighted by atomic mass is 16.7. The van der Waals surface area contributed by atoms with Crippen molar-refractivity contribution in [3.8, 4) is 11.5 Å². The summed E-state index contributed by atoms with van der Waals surface area (Å²) in [7, 11) is 0. The number of allylic oxidation sites excluding steroid dienone is 2. The second-order valence-corrected chi connectivity index (χ2v) is 8.75. The van der Waals surface area contributed by atoms with Crippen LogP contribution in [0.2, 0.25) is 0 Å². The van der Waals surface area contributed by atoms with E-state index in [4.69, 9.17) is 13.9 Å². The van der Waals surface area contributed by atoms with E-state index < -0.39 is 11.5 Å². The fourth-order valence-electron chi connectivity index (χ4n) is 3.87. The Kier molecular flexibility index (Phi) is 7.03. The number of carbonyl (C=O) groups is 1. The maximum atomic E-state index is 12.8. The number of hydrogen-bond donors (Lipinski definition) is 2. The molecule has 7 nitrogen and oxygen atoms in total. The molecule has 3 aromatic rings. The zero-order chi connectivity index (χ0) is 24.2. The van der Waals surface area contributed by atoms with Crippen LogP contribution >= 0.6 is 0 Å². The van der Waals surface area contributed by atoms with Crippen molar-refractivity contribution in [2.45, 2.75) is 52.7 Å². The Labute approximate surface area is 198 Å². The SMILES string of the molecule is CC(C)=CCc1cc(C(=O)Nc2cc3ccc(O[C@H]4CCCCO4)c(C)c3oc2=O)ccc1O. The summed E-state index contributed by atoms with van der Waals surface area (Å²) in [5.74, 6) is 0.259. The van der Waals surface area contributed by atoms with Crippen molar-refractivity contribution in [3.05, 3.63) is 75.2 Å². The summed E-state index contributed by atoms with van der Waals surface area (Å²) in [5, 5.41) is 13.4. The number of aryl methyl sites for hydroxylation is 1. The molecule has 178 valence electrons. The number of anilines is 1. The van der Waals surface area contributed by atoms with Gasteiger partial charge < -0.3 is 24.3 Å². The van der Waals surface area contributed by atoms with Gasteiger partial charge in [-0.2, -0.15) is 0 Å². The van der Waals surface area contributed by atoms with Gasteiger partial charge in [0.1, 0.15) is 22.8 Å². The predicted molar refractivity (Wildman–Crippen MR) is 131 cm³/mol. The number of rotatable bonds is 6. The normalized spacial score (nSPS) is 15.7. The van der Waals surface area contributed by atoms with Crippen LogP contribution in [-0.2, 0) is 11.2 Å². The molecule has 2 N–H and O–H groups in total. The summed E-state index contributed by atoms with van der Waals surface area (Å²) >= 11 is 0. The fourth-order valence-corrected chi connectivity index (χ4v) is 3.87. The molecule has 1 amide bonds. The molecule has 0 spiro atoms. The van der Waals surface area contributed by atoms with Crippen LogP contribution in [0, 0.1) is 6.92 Å². The molecule has 1 saturated heterocycles. The van der Waals surface area contributed by atoms with E-state index in [0.29, 0.717) is 46.4 Å². The van der Waals surface area contributed by atoms with Crippen LogP contribution in [0.5, 0.6) is 11.5 Å². The van der Waals surface area contributed by atoms with Gasteiger partial charge in [-0.3, -0.25) is 4.79 Å². The van der Waals surface area contributed by atoms with Crippen LogP contribution < -0.4 is 15.7 Å². The summed E-state index contributed by atoms with van der Waals surface area (Å²) in [6.45, 7) is 6.43. The molecule has 0 aliphatic carbocycles. The lowest BCUT2D eigenvalue weighted by Crippen LogP contribution is -2.25. The molecule has 1 aromatic heterocycles. The standard InChI is InChI=1S/C27H29NO6/c1-16(2)7-8-18-14-20(9-11-22(18)29)26(30)28-21-15-19-10-12-23(17(3)25(19)34-27(21)31)33-24-6-4-5-13-32-24/h7,9-12,14-15,24,29H,4-6,8,13H2,1-3H3,(H,28,30)/t24-/m0/s1. The molecule has 0 bridgehead atoms. The Balaban J connectivity index is 1.56. The van der Waals surface area contributed by atoms with Crippen molar-refractivity contribution in [1.29, 1.82) is 0 Å². The second-order valence-electron chi connectivity index (χ2n) is 8.75. The lowest BCUT2D eigenvalue weighted by Gasteiger charge is -2.24. The molecule has 4 rings (SSSR count). The first-order valence-electron chi connectivity index (χ1n) is 11.4. The third kappa shape index (κ3) is 5.31. The van der Waals surface area contributed by atoms with Crippen LogP contribution in [-0.4, -0.2) is 23.9 Å². The fraction of sp³-hybridized carbons (Fsp3) is 0.333. The second kappa shape index (κ2) is 10.1. The Morgan fingerprint density at radius 1 is 1.21 bits per heavy atom. The van der Waals surface area contributed by atoms with Gasteiger partial charge in [0.05, 0.1) is 6.61 Å². The van der Waals surface area contributed by atoms with E-state index in [0.717, 1.165) is 24.8 Å². The van der Waals surface area contributed by atoms with E-state index in [2.05, 4.69) is 5.32 Å². The van der Waals surface area contributed by atoms with Crippen LogP contribution in [0.1, 0.15) is 54.6 Å². The third-order valence-corrected chi connectivity index (χ3v) is 5.82. The number of benzene rings is 2. The van der Waals surface area contributed by atoms with Gasteiger partial charge in [0.2, 0.25) is 0 Å². The van der Waals surface area contributed by atoms with E-state index in [1.807, 2.05) is 32.9 Å². The molecule has 7 heteroatoms. The maximum Gasteiger partial charge on any atom is 0.360 e. The molecule has 0 unspecified atom stereocenters. The van der Waals surface area contributed by atoms with Crippen molar-refractivity contribution < 1.29 is 23.8 Å². The van der Waals surface area contributed by atoms with Crippen molar-refractivity contribution in [3.63, 3.8) is 0 Å². The number of phenols is 1. The highest BCUT2D eigenvalue weighted by Gasteiger charge is 2.19. The van der Waals surface area contributed by atoms with Crippen molar-refractivity contribution in [2.75, 3.05) is 11.9 Å². The Morgan fingerprint density at radius 2 is 2.03 bits per heavy atom. The number of phenolic OH excluding ortho intramolecular Hbond substituents is 1. The third-order valence-electron chi connectivity index (χ3n) is 5.82. The molecule has 1 fully saturated rings. The number of amides is 1. The quantitative estimate of drug-likeness (QED) is 0.371. The molecular formula is C27H29NO6. The summed E-state index contributed by atoms with van der Waals surface area (Å²) in [4.78, 5) is 25.5. The molecule has 1 aliphatic rings. The van der Waals surface area contributed by atoms with Crippen molar-refractivity contribution >= 4 is 22.6 Å². The van der Waals surface area contributed by atoms with Crippen LogP contribution in [0.3, 0.4) is 0 Å². The molecule has 2 aromatic carbocycles. The highest BCUT2D eigenvalue weighted by molar-refractivity contribution is 6.05. The molecular weight excluding hydrogens is 434 g/mol. The molecule has 0 saturated carbocycles. The number of nitrogens with one attached hydrogen (secondary N) is 1. The minimum atomic E-state index is -0.654. The van der Waals surface area contributed by atoms with Crippen molar-refractivity contribution in [1.82, 2.24) is 0 Å². The number of aromatic hydroxyl groups is 1. The monoisotopic (exact) mass is 463 g/mol. The Bertz CT molecular complexity index is 1300. The minimum Gasteiger partial charge on any atom is -0.508 e. The summed E-state index contributed by atoms with van der Waals surface area (Å²) in [5.41, 5.74) is 2.57. The van der Waals surface area contributed by atoms with Gasteiger partial charge in [0.15, 0.2) is 6.29 Å². The number of hydrogen-bond acceptors (Lipinski definition) is 6. The topological polar surface area (TPSA) is 98.0 Å². The van der Waals surface area contributed by atoms with Gasteiger partial charge >= 0.3 is 5.63 Å². The largest absolute Gasteiger partial charge is 0.508 e. The minimum absolute atomic E-state index is 0.0418. The first-order chi connectivity index (χ1) is 16.3. The molecule has 1 atom stereocenters. The molecule has 1 aliphatic heterocycles. The number of ether oxygens (including phenoxy) is 2. The molecule has 34 heavy (non-hydrogen) atoms. The van der Waals surface area contributed by atoms with E-state index >= 15 is 0 Å². The Hall–Kier alpha value is -3.58. The summed E-state index contributed by atoms with van der Waals surface area (Å²) < 4.78 is 17.2. The zero-order valence-electron chi connectivity index (χ0n) is 19.6. The van der Waals surface area contributed by atoms with Gasteiger partial charge in [-0.25, -0.2) is 4.79 Å². The smallest absolute Gasteiger partial charge is 0.360 e. The predicted octanol–water partition coefficient (Wildman–Crippen LogP) is 5.47. The van der Waals surface area contributed by atoms with Gasteiger partial charge in [-0.15, -0.1) is 0 Å². The summed E-state index contributed by atoms with van der Waals surface area (Å²) in [6.07, 6.45) is 5.06. The first kappa shape index (κ1) is 23.6. The van der Waals surface area contributed by atoms with Crippen molar-refractivity contribution in [2.24, 2.45) is 0 Å². The molecule has 0 radical (unpaired) electrons. The lowest BCUT2D eigenvalue weighted by molar-refractivity contribution is -0.106. The first-order valence-corrected chi connectivity index (χ1v) is 11.4. The van der Waals surface area contributed by atoms with Gasteiger partial charge in [-0.1, -0.05) is 11.6 Å². The average Bonchev–Trinajstić information content (AvgIpc) is 2.82. The van der Waals surface area contributed by atoms with Crippen LogP contribution in [0.15, 0.2) is 57.3 Å². The summed E-state index contributed by atoms with van der Waals surface area (Å²) in [6, 6.07) is 9.81. The molecule has 2 heterocycles. The lowest BCUT2D eigenvalue weighted by atomic mass is 10.0. The van der Waals surface area contributed by atoms with Crippen LogP contribution in [0.4, 0.5) is 5.69 Å². The average molecular weight is 464 g/mol. The van der Waals surface area contributed by atoms with E-state index in [1.165, 1.54) is 12.1 Å². The van der Waals surface area contributed by atoms with Gasteiger partial charge in [0.25, 0.3) is 5.91 Å². The maximum absolute atomic E-state index is 12.8. The highest BCUT2D eigenvalue weighted by Crippen LogP contribution is 2.30. The zero-order valence-corrected chi connectivity index (χ0v) is 19.6. The van der Waals surface area contributed by atoms with E-state index in [1.54, 1.807) is 18.2 Å². The van der Waals surface area contributed by atoms with E-state index in [-0.39, 0.29) is 17.7 Å². The van der Waals surface area contributed by atoms with Gasteiger partial charge in [-0.05, 0) is 82.0 Å². The van der Waals surface area contributed by atoms with Gasteiger partial charge in [0, 0.05) is 22.9 Å². The van der Waals surface area contributed by atoms with Crippen LogP contribution in [0.25, 0.3) is 11.0 Å². The number of fused-ring (bicyclic) bond motifs is 1. The number of carbonyl (C=O) groups excluding carboxylic acids is 1.